The molecule has 0 bridgehead atoms. The van der Waals surface area contributed by atoms with Crippen LogP contribution in [0.2, 0.25) is 0 Å². The minimum Gasteiger partial charge on any atom is -0.395 e. The lowest BCUT2D eigenvalue weighted by molar-refractivity contribution is 0.0601. The summed E-state index contributed by atoms with van der Waals surface area (Å²) in [5.74, 6) is 0. The highest BCUT2D eigenvalue weighted by molar-refractivity contribution is 7.87. The summed E-state index contributed by atoms with van der Waals surface area (Å²) in [7, 11) is -1.73. The fraction of sp³-hybridized carbons (Fsp3) is 1.00. The molecular formula is C14H29N3O4S. The molecule has 0 aromatic heterocycles. The monoisotopic (exact) mass is 335 g/mol. The van der Waals surface area contributed by atoms with Crippen LogP contribution >= 0.6 is 0 Å². The van der Waals surface area contributed by atoms with Gasteiger partial charge in [-0.2, -0.15) is 12.7 Å². The third kappa shape index (κ3) is 4.87. The molecule has 2 N–H and O–H groups in total. The Morgan fingerprint density at radius 1 is 1.18 bits per heavy atom. The Hall–Kier alpha value is -0.250. The number of nitrogens with zero attached hydrogens (tertiary/aromatic N) is 2. The van der Waals surface area contributed by atoms with Crippen LogP contribution in [-0.2, 0) is 14.9 Å². The van der Waals surface area contributed by atoms with Gasteiger partial charge in [0.2, 0.25) is 0 Å². The standard InChI is InChI=1S/C14H29N3O4S/c1-21-14-5-9-17(10-6-14)22(19,20)15-7-11-16-8-3-2-4-13(16)12-18/h13-15,18H,2-12H2,1H3/t13-/m0/s1. The van der Waals surface area contributed by atoms with E-state index in [9.17, 15) is 13.5 Å². The maximum atomic E-state index is 12.3. The molecule has 0 aromatic carbocycles. The Bertz CT molecular complexity index is 424. The molecule has 0 aliphatic carbocycles. The second kappa shape index (κ2) is 8.56. The average Bonchev–Trinajstić information content (AvgIpc) is 2.55. The van der Waals surface area contributed by atoms with Crippen molar-refractivity contribution >= 4 is 10.2 Å². The first-order valence-corrected chi connectivity index (χ1v) is 9.63. The van der Waals surface area contributed by atoms with Crippen molar-refractivity contribution in [2.24, 2.45) is 0 Å². The number of nitrogens with one attached hydrogen (secondary N) is 1. The molecule has 130 valence electrons. The number of rotatable bonds is 7. The summed E-state index contributed by atoms with van der Waals surface area (Å²) >= 11 is 0. The molecule has 22 heavy (non-hydrogen) atoms. The van der Waals surface area contributed by atoms with Gasteiger partial charge in [-0.3, -0.25) is 4.90 Å². The van der Waals surface area contributed by atoms with E-state index in [0.717, 1.165) is 38.6 Å². The number of hydrogen-bond acceptors (Lipinski definition) is 5. The van der Waals surface area contributed by atoms with E-state index in [2.05, 4.69) is 9.62 Å². The van der Waals surface area contributed by atoms with Crippen LogP contribution < -0.4 is 4.72 Å². The first kappa shape index (κ1) is 18.1. The predicted octanol–water partition coefficient (Wildman–Crippen LogP) is -0.222. The number of hydrogen-bond donors (Lipinski definition) is 2. The molecule has 2 aliphatic rings. The van der Waals surface area contributed by atoms with Gasteiger partial charge in [-0.05, 0) is 32.2 Å². The number of likely N-dealkylation sites (tertiary alicyclic amines) is 1. The summed E-state index contributed by atoms with van der Waals surface area (Å²) < 4.78 is 34.0. The molecule has 0 spiro atoms. The molecular weight excluding hydrogens is 306 g/mol. The van der Waals surface area contributed by atoms with E-state index < -0.39 is 10.2 Å². The molecule has 2 heterocycles. The Balaban J connectivity index is 1.75. The highest BCUT2D eigenvalue weighted by atomic mass is 32.2. The van der Waals surface area contributed by atoms with Crippen molar-refractivity contribution in [1.82, 2.24) is 13.9 Å². The van der Waals surface area contributed by atoms with Crippen LogP contribution in [0, 0.1) is 0 Å². The zero-order chi connectivity index (χ0) is 16.0. The van der Waals surface area contributed by atoms with E-state index in [0.29, 0.717) is 26.2 Å². The van der Waals surface area contributed by atoms with Gasteiger partial charge in [0.25, 0.3) is 10.2 Å². The number of ether oxygens (including phenoxy) is 1. The Morgan fingerprint density at radius 2 is 1.91 bits per heavy atom. The van der Waals surface area contributed by atoms with Gasteiger partial charge in [-0.25, -0.2) is 4.72 Å². The van der Waals surface area contributed by atoms with E-state index in [1.165, 1.54) is 4.31 Å². The van der Waals surface area contributed by atoms with Crippen LogP contribution in [0.15, 0.2) is 0 Å². The summed E-state index contributed by atoms with van der Waals surface area (Å²) in [5, 5.41) is 9.37. The summed E-state index contributed by atoms with van der Waals surface area (Å²) in [6, 6.07) is 0.177. The van der Waals surface area contributed by atoms with Crippen molar-refractivity contribution in [1.29, 1.82) is 0 Å². The third-order valence-electron chi connectivity index (χ3n) is 4.72. The first-order chi connectivity index (χ1) is 10.6. The SMILES string of the molecule is COC1CCN(S(=O)(=O)NCCN2CCCC[C@H]2CO)CC1. The number of piperidine rings is 2. The number of aliphatic hydroxyl groups excluding tert-OH is 1. The van der Waals surface area contributed by atoms with Gasteiger partial charge in [0.15, 0.2) is 0 Å². The third-order valence-corrected chi connectivity index (χ3v) is 6.33. The maximum Gasteiger partial charge on any atom is 0.279 e. The lowest BCUT2D eigenvalue weighted by atomic mass is 10.0. The molecule has 8 heteroatoms. The molecule has 0 amide bonds. The maximum absolute atomic E-state index is 12.3. The Kier molecular flexibility index (Phi) is 7.04. The minimum absolute atomic E-state index is 0.150. The van der Waals surface area contributed by atoms with Crippen molar-refractivity contribution in [2.75, 3.05) is 46.4 Å². The average molecular weight is 335 g/mol. The van der Waals surface area contributed by atoms with Crippen LogP contribution in [0.3, 0.4) is 0 Å². The zero-order valence-corrected chi connectivity index (χ0v) is 14.2. The van der Waals surface area contributed by atoms with Gasteiger partial charge >= 0.3 is 0 Å². The molecule has 2 rings (SSSR count). The molecule has 0 aromatic rings. The van der Waals surface area contributed by atoms with Crippen LogP contribution in [0.5, 0.6) is 0 Å². The lowest BCUT2D eigenvalue weighted by Gasteiger charge is -2.35. The summed E-state index contributed by atoms with van der Waals surface area (Å²) in [6.07, 6.45) is 4.92. The topological polar surface area (TPSA) is 82.1 Å². The normalized spacial score (nSPS) is 26.4. The van der Waals surface area contributed by atoms with Crippen LogP contribution in [0.25, 0.3) is 0 Å². The molecule has 1 atom stereocenters. The summed E-state index contributed by atoms with van der Waals surface area (Å²) in [5.41, 5.74) is 0. The molecule has 2 fully saturated rings. The second-order valence-corrected chi connectivity index (χ2v) is 7.86. The van der Waals surface area contributed by atoms with Gasteiger partial charge in [0.05, 0.1) is 12.7 Å². The van der Waals surface area contributed by atoms with Crippen molar-refractivity contribution in [3.05, 3.63) is 0 Å². The fourth-order valence-electron chi connectivity index (χ4n) is 3.28. The number of methoxy groups -OCH3 is 1. The van der Waals surface area contributed by atoms with E-state index in [1.54, 1.807) is 7.11 Å². The summed E-state index contributed by atoms with van der Waals surface area (Å²) in [6.45, 7) is 3.15. The largest absolute Gasteiger partial charge is 0.395 e. The highest BCUT2D eigenvalue weighted by Gasteiger charge is 2.28. The molecule has 0 radical (unpaired) electrons. The van der Waals surface area contributed by atoms with E-state index in [1.807, 2.05) is 0 Å². The predicted molar refractivity (Wildman–Crippen MR) is 84.8 cm³/mol. The zero-order valence-electron chi connectivity index (χ0n) is 13.4. The van der Waals surface area contributed by atoms with E-state index in [4.69, 9.17) is 4.74 Å². The minimum atomic E-state index is -3.40. The van der Waals surface area contributed by atoms with Crippen molar-refractivity contribution in [3.8, 4) is 0 Å². The number of aliphatic hydroxyl groups is 1. The molecule has 7 nitrogen and oxygen atoms in total. The van der Waals surface area contributed by atoms with Crippen molar-refractivity contribution in [2.45, 2.75) is 44.2 Å². The van der Waals surface area contributed by atoms with Crippen LogP contribution in [0.4, 0.5) is 0 Å². The quantitative estimate of drug-likeness (QED) is 0.672. The molecule has 0 saturated carbocycles. The van der Waals surface area contributed by atoms with E-state index in [-0.39, 0.29) is 18.8 Å². The Morgan fingerprint density at radius 3 is 2.55 bits per heavy atom. The van der Waals surface area contributed by atoms with Gasteiger partial charge in [-0.1, -0.05) is 6.42 Å². The van der Waals surface area contributed by atoms with Gasteiger partial charge in [0, 0.05) is 39.3 Å². The summed E-state index contributed by atoms with van der Waals surface area (Å²) in [4.78, 5) is 2.18. The van der Waals surface area contributed by atoms with Gasteiger partial charge < -0.3 is 9.84 Å². The fourth-order valence-corrected chi connectivity index (χ4v) is 4.50. The second-order valence-electron chi connectivity index (χ2n) is 6.10. The lowest BCUT2D eigenvalue weighted by Crippen LogP contribution is -2.49. The van der Waals surface area contributed by atoms with Crippen LogP contribution in [-0.4, -0.2) is 81.3 Å². The van der Waals surface area contributed by atoms with Crippen molar-refractivity contribution < 1.29 is 18.3 Å². The first-order valence-electron chi connectivity index (χ1n) is 8.19. The Labute approximate surface area is 133 Å². The highest BCUT2D eigenvalue weighted by Crippen LogP contribution is 2.17. The van der Waals surface area contributed by atoms with E-state index >= 15 is 0 Å². The molecule has 2 saturated heterocycles. The van der Waals surface area contributed by atoms with Gasteiger partial charge in [0.1, 0.15) is 0 Å². The van der Waals surface area contributed by atoms with Crippen molar-refractivity contribution in [3.63, 3.8) is 0 Å². The van der Waals surface area contributed by atoms with Gasteiger partial charge in [-0.15, -0.1) is 0 Å². The van der Waals surface area contributed by atoms with Crippen LogP contribution in [0.1, 0.15) is 32.1 Å². The molecule has 0 unspecified atom stereocenters. The molecule has 2 aliphatic heterocycles. The smallest absolute Gasteiger partial charge is 0.279 e.